The van der Waals surface area contributed by atoms with Crippen molar-refractivity contribution in [3.63, 3.8) is 0 Å². The standard InChI is InChI=1S/C14H19N3O2/c1-10(2)13(18)11-12(16-7-6-15-11)14(19)17-8-4-3-5-9-17/h6-7,10H,3-5,8-9H2,1-2H3. The Morgan fingerprint density at radius 2 is 1.63 bits per heavy atom. The molecule has 0 bridgehead atoms. The van der Waals surface area contributed by atoms with E-state index in [9.17, 15) is 9.59 Å². The predicted octanol–water partition coefficient (Wildman–Crippen LogP) is 1.94. The van der Waals surface area contributed by atoms with Gasteiger partial charge in [-0.05, 0) is 19.3 Å². The number of piperidine rings is 1. The number of hydrogen-bond acceptors (Lipinski definition) is 4. The van der Waals surface area contributed by atoms with Crippen LogP contribution < -0.4 is 0 Å². The Kier molecular flexibility index (Phi) is 4.24. The predicted molar refractivity (Wildman–Crippen MR) is 71.0 cm³/mol. The number of Topliss-reactive ketones (excluding diaryl/α,β-unsaturated/α-hetero) is 1. The average molecular weight is 261 g/mol. The zero-order chi connectivity index (χ0) is 13.8. The van der Waals surface area contributed by atoms with E-state index in [0.29, 0.717) is 0 Å². The van der Waals surface area contributed by atoms with Crippen LogP contribution >= 0.6 is 0 Å². The summed E-state index contributed by atoms with van der Waals surface area (Å²) in [6.45, 7) is 5.08. The zero-order valence-corrected chi connectivity index (χ0v) is 11.4. The monoisotopic (exact) mass is 261 g/mol. The van der Waals surface area contributed by atoms with Crippen LogP contribution in [0.5, 0.6) is 0 Å². The molecule has 0 atom stereocenters. The van der Waals surface area contributed by atoms with E-state index in [1.807, 2.05) is 0 Å². The van der Waals surface area contributed by atoms with Gasteiger partial charge >= 0.3 is 0 Å². The highest BCUT2D eigenvalue weighted by Gasteiger charge is 2.26. The first kappa shape index (κ1) is 13.6. The molecule has 5 nitrogen and oxygen atoms in total. The lowest BCUT2D eigenvalue weighted by Crippen LogP contribution is -2.37. The van der Waals surface area contributed by atoms with Crippen molar-refractivity contribution in [3.8, 4) is 0 Å². The molecule has 0 N–H and O–H groups in total. The highest BCUT2D eigenvalue weighted by molar-refractivity contribution is 6.06. The fraction of sp³-hybridized carbons (Fsp3) is 0.571. The zero-order valence-electron chi connectivity index (χ0n) is 11.4. The number of rotatable bonds is 3. The van der Waals surface area contributed by atoms with Crippen molar-refractivity contribution in [2.75, 3.05) is 13.1 Å². The Bertz CT molecular complexity index is 479. The van der Waals surface area contributed by atoms with Gasteiger partial charge in [0, 0.05) is 31.4 Å². The Hall–Kier alpha value is -1.78. The maximum Gasteiger partial charge on any atom is 0.274 e. The van der Waals surface area contributed by atoms with Gasteiger partial charge in [0.25, 0.3) is 5.91 Å². The third-order valence-corrected chi connectivity index (χ3v) is 3.30. The molecule has 2 heterocycles. The van der Waals surface area contributed by atoms with Crippen molar-refractivity contribution < 1.29 is 9.59 Å². The quantitative estimate of drug-likeness (QED) is 0.780. The average Bonchev–Trinajstić information content (AvgIpc) is 2.46. The summed E-state index contributed by atoms with van der Waals surface area (Å²) in [6.07, 6.45) is 6.11. The lowest BCUT2D eigenvalue weighted by Gasteiger charge is -2.26. The second-order valence-corrected chi connectivity index (χ2v) is 5.13. The summed E-state index contributed by atoms with van der Waals surface area (Å²) >= 11 is 0. The number of carbonyl (C=O) groups excluding carboxylic acids is 2. The second-order valence-electron chi connectivity index (χ2n) is 5.13. The second kappa shape index (κ2) is 5.91. The fourth-order valence-corrected chi connectivity index (χ4v) is 2.20. The van der Waals surface area contributed by atoms with Gasteiger partial charge in [0.2, 0.25) is 0 Å². The van der Waals surface area contributed by atoms with Gasteiger partial charge in [-0.1, -0.05) is 13.8 Å². The molecular formula is C14H19N3O2. The summed E-state index contributed by atoms with van der Waals surface area (Å²) in [6, 6.07) is 0. The normalized spacial score (nSPS) is 15.6. The van der Waals surface area contributed by atoms with E-state index in [0.717, 1.165) is 32.4 Å². The van der Waals surface area contributed by atoms with Crippen molar-refractivity contribution in [1.82, 2.24) is 14.9 Å². The van der Waals surface area contributed by atoms with Crippen molar-refractivity contribution in [3.05, 3.63) is 23.8 Å². The molecule has 1 saturated heterocycles. The molecule has 0 spiro atoms. The molecule has 0 aliphatic carbocycles. The Balaban J connectivity index is 2.28. The van der Waals surface area contributed by atoms with Crippen LogP contribution in [0.15, 0.2) is 12.4 Å². The topological polar surface area (TPSA) is 63.2 Å². The minimum atomic E-state index is -0.190. The van der Waals surface area contributed by atoms with Crippen molar-refractivity contribution in [2.45, 2.75) is 33.1 Å². The molecule has 1 aromatic rings. The molecule has 0 saturated carbocycles. The van der Waals surface area contributed by atoms with Gasteiger partial charge in [-0.15, -0.1) is 0 Å². The van der Waals surface area contributed by atoms with Crippen molar-refractivity contribution in [2.24, 2.45) is 5.92 Å². The summed E-state index contributed by atoms with van der Waals surface area (Å²) in [7, 11) is 0. The smallest absolute Gasteiger partial charge is 0.274 e. The summed E-state index contributed by atoms with van der Waals surface area (Å²) in [5.41, 5.74) is 0.399. The first-order valence-electron chi connectivity index (χ1n) is 6.75. The maximum absolute atomic E-state index is 12.4. The Morgan fingerprint density at radius 3 is 2.21 bits per heavy atom. The molecule has 1 amide bonds. The molecule has 0 unspecified atom stereocenters. The third kappa shape index (κ3) is 2.97. The van der Waals surface area contributed by atoms with Crippen LogP contribution in [-0.4, -0.2) is 39.6 Å². The van der Waals surface area contributed by atoms with E-state index < -0.39 is 0 Å². The molecule has 102 valence electrons. The van der Waals surface area contributed by atoms with E-state index in [4.69, 9.17) is 0 Å². The number of likely N-dealkylation sites (tertiary alicyclic amines) is 1. The number of ketones is 1. The highest BCUT2D eigenvalue weighted by atomic mass is 16.2. The van der Waals surface area contributed by atoms with Crippen LogP contribution in [0.2, 0.25) is 0 Å². The first-order valence-corrected chi connectivity index (χ1v) is 6.75. The van der Waals surface area contributed by atoms with Gasteiger partial charge < -0.3 is 4.90 Å². The lowest BCUT2D eigenvalue weighted by molar-refractivity contribution is 0.0711. The fourth-order valence-electron chi connectivity index (χ4n) is 2.20. The van der Waals surface area contributed by atoms with E-state index in [1.54, 1.807) is 18.7 Å². The lowest BCUT2D eigenvalue weighted by atomic mass is 10.0. The number of aromatic nitrogens is 2. The molecule has 5 heteroatoms. The van der Waals surface area contributed by atoms with E-state index in [2.05, 4.69) is 9.97 Å². The molecule has 0 radical (unpaired) electrons. The summed E-state index contributed by atoms with van der Waals surface area (Å²) in [4.78, 5) is 34.4. The maximum atomic E-state index is 12.4. The summed E-state index contributed by atoms with van der Waals surface area (Å²) in [5, 5.41) is 0. The largest absolute Gasteiger partial charge is 0.337 e. The summed E-state index contributed by atoms with van der Waals surface area (Å²) in [5.74, 6) is -0.491. The first-order chi connectivity index (χ1) is 9.11. The van der Waals surface area contributed by atoms with E-state index >= 15 is 0 Å². The van der Waals surface area contributed by atoms with Crippen LogP contribution in [-0.2, 0) is 0 Å². The van der Waals surface area contributed by atoms with Gasteiger partial charge in [-0.2, -0.15) is 0 Å². The molecule has 0 aromatic carbocycles. The molecule has 19 heavy (non-hydrogen) atoms. The van der Waals surface area contributed by atoms with Gasteiger partial charge in [0.15, 0.2) is 11.5 Å². The molecule has 1 aliphatic rings. The van der Waals surface area contributed by atoms with Crippen molar-refractivity contribution >= 4 is 11.7 Å². The molecular weight excluding hydrogens is 242 g/mol. The van der Waals surface area contributed by atoms with Gasteiger partial charge in [0.1, 0.15) is 5.69 Å². The Labute approximate surface area is 113 Å². The molecule has 1 fully saturated rings. The van der Waals surface area contributed by atoms with Crippen molar-refractivity contribution in [1.29, 1.82) is 0 Å². The highest BCUT2D eigenvalue weighted by Crippen LogP contribution is 2.15. The van der Waals surface area contributed by atoms with Crippen LogP contribution in [0.3, 0.4) is 0 Å². The molecule has 1 aromatic heterocycles. The third-order valence-electron chi connectivity index (χ3n) is 3.30. The minimum Gasteiger partial charge on any atom is -0.337 e. The van der Waals surface area contributed by atoms with Crippen LogP contribution in [0.4, 0.5) is 0 Å². The van der Waals surface area contributed by atoms with Crippen LogP contribution in [0.1, 0.15) is 54.1 Å². The molecule has 2 rings (SSSR count). The van der Waals surface area contributed by atoms with Crippen LogP contribution in [0.25, 0.3) is 0 Å². The van der Waals surface area contributed by atoms with Crippen LogP contribution in [0, 0.1) is 5.92 Å². The number of hydrogen-bond donors (Lipinski definition) is 0. The number of carbonyl (C=O) groups is 2. The number of amides is 1. The van der Waals surface area contributed by atoms with E-state index in [-0.39, 0.29) is 29.0 Å². The SMILES string of the molecule is CC(C)C(=O)c1nccnc1C(=O)N1CCCCC1. The van der Waals surface area contributed by atoms with Gasteiger partial charge in [-0.25, -0.2) is 9.97 Å². The molecule has 1 aliphatic heterocycles. The van der Waals surface area contributed by atoms with Gasteiger partial charge in [-0.3, -0.25) is 9.59 Å². The van der Waals surface area contributed by atoms with E-state index in [1.165, 1.54) is 12.4 Å². The summed E-state index contributed by atoms with van der Waals surface area (Å²) < 4.78 is 0. The minimum absolute atomic E-state index is 0.131. The number of nitrogens with zero attached hydrogens (tertiary/aromatic N) is 3. The van der Waals surface area contributed by atoms with Gasteiger partial charge in [0.05, 0.1) is 0 Å². The Morgan fingerprint density at radius 1 is 1.05 bits per heavy atom.